The number of rotatable bonds is 4. The second kappa shape index (κ2) is 8.36. The van der Waals surface area contributed by atoms with Crippen LogP contribution in [0.1, 0.15) is 36.0 Å². The number of phenolic OH excluding ortho intramolecular Hbond substituents is 1. The zero-order chi connectivity index (χ0) is 20.4. The number of nitriles is 1. The minimum absolute atomic E-state index is 0.0565. The van der Waals surface area contributed by atoms with Gasteiger partial charge in [0, 0.05) is 36.8 Å². The molecule has 0 bridgehead atoms. The summed E-state index contributed by atoms with van der Waals surface area (Å²) in [5.41, 5.74) is 3.96. The molecule has 1 aromatic heterocycles. The topological polar surface area (TPSA) is 96.5 Å². The minimum atomic E-state index is 0.0565. The Bertz CT molecular complexity index is 938. The van der Waals surface area contributed by atoms with Crippen molar-refractivity contribution in [1.29, 1.82) is 5.26 Å². The fourth-order valence-corrected chi connectivity index (χ4v) is 4.65. The highest BCUT2D eigenvalue weighted by Gasteiger charge is 2.31. The van der Waals surface area contributed by atoms with E-state index in [1.54, 1.807) is 12.1 Å². The Morgan fingerprint density at radius 2 is 2.10 bits per heavy atom. The Labute approximate surface area is 171 Å². The molecule has 0 radical (unpaired) electrons. The number of aromatic nitrogens is 2. The summed E-state index contributed by atoms with van der Waals surface area (Å²) in [6.45, 7) is 5.92. The highest BCUT2D eigenvalue weighted by atomic mass is 16.3. The third kappa shape index (κ3) is 3.78. The smallest absolute Gasteiger partial charge is 0.155 e. The molecular weight excluding hydrogens is 366 g/mol. The lowest BCUT2D eigenvalue weighted by Gasteiger charge is -2.42. The van der Waals surface area contributed by atoms with Crippen molar-refractivity contribution < 1.29 is 10.2 Å². The zero-order valence-corrected chi connectivity index (χ0v) is 16.8. The molecule has 29 heavy (non-hydrogen) atoms. The third-order valence-electron chi connectivity index (χ3n) is 6.14. The average molecular weight is 393 g/mol. The molecule has 2 aliphatic rings. The summed E-state index contributed by atoms with van der Waals surface area (Å²) in [7, 11) is 0. The van der Waals surface area contributed by atoms with Crippen molar-refractivity contribution >= 4 is 5.82 Å². The van der Waals surface area contributed by atoms with Gasteiger partial charge in [-0.05, 0) is 62.9 Å². The van der Waals surface area contributed by atoms with Crippen molar-refractivity contribution in [2.75, 3.05) is 37.7 Å². The Morgan fingerprint density at radius 3 is 2.86 bits per heavy atom. The van der Waals surface area contributed by atoms with E-state index in [0.29, 0.717) is 22.9 Å². The van der Waals surface area contributed by atoms with Gasteiger partial charge in [0.25, 0.3) is 0 Å². The number of benzene rings is 1. The average Bonchev–Trinajstić information content (AvgIpc) is 2.74. The number of aromatic hydroxyl groups is 1. The van der Waals surface area contributed by atoms with E-state index < -0.39 is 0 Å². The number of hydrogen-bond acceptors (Lipinski definition) is 7. The molecule has 1 unspecified atom stereocenters. The van der Waals surface area contributed by atoms with E-state index in [0.717, 1.165) is 63.2 Å². The van der Waals surface area contributed by atoms with Gasteiger partial charge in [-0.15, -0.1) is 10.2 Å². The summed E-state index contributed by atoms with van der Waals surface area (Å²) in [6, 6.07) is 7.34. The summed E-state index contributed by atoms with van der Waals surface area (Å²) >= 11 is 0. The molecule has 7 nitrogen and oxygen atoms in total. The van der Waals surface area contributed by atoms with Crippen LogP contribution in [0.5, 0.6) is 5.75 Å². The van der Waals surface area contributed by atoms with Crippen molar-refractivity contribution in [2.45, 2.75) is 38.6 Å². The van der Waals surface area contributed by atoms with Gasteiger partial charge < -0.3 is 15.1 Å². The van der Waals surface area contributed by atoms with Crippen LogP contribution in [0.15, 0.2) is 18.2 Å². The summed E-state index contributed by atoms with van der Waals surface area (Å²) in [6.07, 6.45) is 4.26. The van der Waals surface area contributed by atoms with Crippen LogP contribution in [0, 0.1) is 18.3 Å². The maximum Gasteiger partial charge on any atom is 0.155 e. The predicted molar refractivity (Wildman–Crippen MR) is 111 cm³/mol. The number of aliphatic hydroxyl groups excluding tert-OH is 1. The molecule has 1 saturated heterocycles. The van der Waals surface area contributed by atoms with Crippen LogP contribution in [0.25, 0.3) is 11.3 Å². The molecule has 1 atom stereocenters. The van der Waals surface area contributed by atoms with E-state index in [1.165, 1.54) is 11.6 Å². The van der Waals surface area contributed by atoms with E-state index in [9.17, 15) is 10.2 Å². The van der Waals surface area contributed by atoms with Crippen molar-refractivity contribution in [2.24, 2.45) is 0 Å². The largest absolute Gasteiger partial charge is 0.507 e. The molecule has 3 heterocycles. The quantitative estimate of drug-likeness (QED) is 0.822. The van der Waals surface area contributed by atoms with E-state index >= 15 is 0 Å². The van der Waals surface area contributed by atoms with Gasteiger partial charge in [0.2, 0.25) is 0 Å². The highest BCUT2D eigenvalue weighted by Crippen LogP contribution is 2.37. The predicted octanol–water partition coefficient (Wildman–Crippen LogP) is 2.24. The number of piperidine rings is 1. The van der Waals surface area contributed by atoms with Gasteiger partial charge in [-0.2, -0.15) is 5.26 Å². The lowest BCUT2D eigenvalue weighted by molar-refractivity contribution is 0.158. The molecule has 2 aliphatic heterocycles. The first-order valence-electron chi connectivity index (χ1n) is 10.3. The maximum atomic E-state index is 10.4. The van der Waals surface area contributed by atoms with E-state index in [2.05, 4.69) is 20.0 Å². The number of nitrogens with zero attached hydrogens (tertiary/aromatic N) is 5. The van der Waals surface area contributed by atoms with Crippen molar-refractivity contribution in [1.82, 2.24) is 15.1 Å². The van der Waals surface area contributed by atoms with Crippen LogP contribution in [-0.4, -0.2) is 64.1 Å². The number of β-amino-alcohol motifs (C(OH)–C–C–N with tert-alkyl or cyclic N) is 1. The fraction of sp³-hybridized carbons (Fsp3) is 0.500. The Hall–Kier alpha value is -2.69. The number of likely N-dealkylation sites (tertiary alicyclic amines) is 1. The standard InChI is InChI=1S/C22H27N5O2/c1-15-18-5-3-9-27(17-4-2-8-26(14-17)10-11-28)22(18)25-24-21(15)19-7-6-16(13-23)12-20(19)29/h6-7,12,17,28-29H,2-5,8-11,14H2,1H3. The fourth-order valence-electron chi connectivity index (χ4n) is 4.65. The first-order chi connectivity index (χ1) is 14.1. The van der Waals surface area contributed by atoms with Crippen LogP contribution < -0.4 is 4.90 Å². The van der Waals surface area contributed by atoms with E-state index in [4.69, 9.17) is 5.26 Å². The molecule has 4 rings (SSSR count). The molecule has 0 aliphatic carbocycles. The molecule has 0 amide bonds. The van der Waals surface area contributed by atoms with Gasteiger partial charge in [0.05, 0.1) is 23.9 Å². The zero-order valence-electron chi connectivity index (χ0n) is 16.8. The number of fused-ring (bicyclic) bond motifs is 1. The lowest BCUT2D eigenvalue weighted by atomic mass is 9.94. The summed E-state index contributed by atoms with van der Waals surface area (Å²) in [4.78, 5) is 4.72. The summed E-state index contributed by atoms with van der Waals surface area (Å²) < 4.78 is 0. The van der Waals surface area contributed by atoms with Crippen LogP contribution in [0.2, 0.25) is 0 Å². The summed E-state index contributed by atoms with van der Waals surface area (Å²) in [5, 5.41) is 37.8. The van der Waals surface area contributed by atoms with Gasteiger partial charge in [-0.3, -0.25) is 4.90 Å². The van der Waals surface area contributed by atoms with Gasteiger partial charge in [0.15, 0.2) is 5.82 Å². The molecule has 1 fully saturated rings. The SMILES string of the molecule is Cc1c(-c2ccc(C#N)cc2O)nnc2c1CCCN2C1CCCN(CCO)C1. The molecular formula is C22H27N5O2. The molecule has 2 aromatic rings. The van der Waals surface area contributed by atoms with Gasteiger partial charge in [0.1, 0.15) is 5.75 Å². The molecule has 0 saturated carbocycles. The maximum absolute atomic E-state index is 10.4. The van der Waals surface area contributed by atoms with Crippen LogP contribution in [0.4, 0.5) is 5.82 Å². The van der Waals surface area contributed by atoms with E-state index in [-0.39, 0.29) is 12.4 Å². The molecule has 7 heteroatoms. The first kappa shape index (κ1) is 19.6. The number of anilines is 1. The van der Waals surface area contributed by atoms with Gasteiger partial charge >= 0.3 is 0 Å². The van der Waals surface area contributed by atoms with Crippen LogP contribution in [0.3, 0.4) is 0 Å². The number of hydrogen-bond donors (Lipinski definition) is 2. The van der Waals surface area contributed by atoms with Crippen LogP contribution in [-0.2, 0) is 6.42 Å². The second-order valence-corrected chi connectivity index (χ2v) is 7.94. The number of phenols is 1. The van der Waals surface area contributed by atoms with Crippen molar-refractivity contribution in [3.05, 3.63) is 34.9 Å². The monoisotopic (exact) mass is 393 g/mol. The Kier molecular flexibility index (Phi) is 5.65. The molecule has 2 N–H and O–H groups in total. The van der Waals surface area contributed by atoms with Gasteiger partial charge in [-0.25, -0.2) is 0 Å². The first-order valence-corrected chi connectivity index (χ1v) is 10.3. The summed E-state index contributed by atoms with van der Waals surface area (Å²) in [5.74, 6) is 1.02. The number of aliphatic hydroxyl groups is 1. The third-order valence-corrected chi connectivity index (χ3v) is 6.14. The van der Waals surface area contributed by atoms with Crippen molar-refractivity contribution in [3.63, 3.8) is 0 Å². The minimum Gasteiger partial charge on any atom is -0.507 e. The van der Waals surface area contributed by atoms with Gasteiger partial charge in [-0.1, -0.05) is 0 Å². The highest BCUT2D eigenvalue weighted by molar-refractivity contribution is 5.73. The Balaban J connectivity index is 1.66. The molecule has 152 valence electrons. The second-order valence-electron chi connectivity index (χ2n) is 7.94. The molecule has 1 aromatic carbocycles. The van der Waals surface area contributed by atoms with Crippen molar-refractivity contribution in [3.8, 4) is 23.1 Å². The van der Waals surface area contributed by atoms with Crippen LogP contribution >= 0.6 is 0 Å². The molecule has 0 spiro atoms. The Morgan fingerprint density at radius 1 is 1.24 bits per heavy atom. The van der Waals surface area contributed by atoms with E-state index in [1.807, 2.05) is 13.0 Å². The normalized spacial score (nSPS) is 19.6. The lowest BCUT2D eigenvalue weighted by Crippen LogP contribution is -2.50.